The fourth-order valence-corrected chi connectivity index (χ4v) is 2.78. The Morgan fingerprint density at radius 1 is 0.577 bits per heavy atom. The number of nitrogens with zero attached hydrogens (tertiary/aromatic N) is 2. The molecule has 0 aromatic heterocycles. The molecule has 0 aliphatic heterocycles. The van der Waals surface area contributed by atoms with Crippen LogP contribution in [-0.2, 0) is 0 Å². The number of para-hydroxylation sites is 2. The van der Waals surface area contributed by atoms with Crippen molar-refractivity contribution in [2.24, 2.45) is 0 Å². The molecule has 130 valence electrons. The average Bonchev–Trinajstić information content (AvgIpc) is 2.73. The minimum atomic E-state index is -0.437. The molecule has 0 fully saturated rings. The molecule has 0 aliphatic rings. The number of benzene rings is 3. The minimum absolute atomic E-state index is 0.285. The molecule has 26 heavy (non-hydrogen) atoms. The summed E-state index contributed by atoms with van der Waals surface area (Å²) in [5.41, 5.74) is 1.65. The summed E-state index contributed by atoms with van der Waals surface area (Å²) in [6, 6.07) is 23.9. The Labute approximate surface area is 161 Å². The Bertz CT molecular complexity index is 845. The lowest BCUT2D eigenvalue weighted by molar-refractivity contribution is 0.100. The second-order valence-corrected chi connectivity index (χ2v) is 6.10. The normalized spacial score (nSPS) is 10.2. The highest BCUT2D eigenvalue weighted by atomic mass is 35.5. The van der Waals surface area contributed by atoms with Gasteiger partial charge >= 0.3 is 0 Å². The number of hydrogen-bond acceptors (Lipinski definition) is 2. The van der Waals surface area contributed by atoms with Crippen molar-refractivity contribution < 1.29 is 9.59 Å². The highest BCUT2D eigenvalue weighted by Crippen LogP contribution is 2.22. The maximum atomic E-state index is 12.6. The van der Waals surface area contributed by atoms with Crippen LogP contribution in [0.25, 0.3) is 0 Å². The lowest BCUT2D eigenvalue weighted by Crippen LogP contribution is -2.23. The summed E-state index contributed by atoms with van der Waals surface area (Å²) >= 11 is 12.3. The van der Waals surface area contributed by atoms with E-state index < -0.39 is 11.8 Å². The highest BCUT2D eigenvalue weighted by molar-refractivity contribution is 6.40. The Morgan fingerprint density at radius 2 is 0.962 bits per heavy atom. The first-order valence-electron chi connectivity index (χ1n) is 7.78. The molecule has 0 heterocycles. The Balaban J connectivity index is 1.84. The van der Waals surface area contributed by atoms with Gasteiger partial charge in [0.1, 0.15) is 0 Å². The summed E-state index contributed by atoms with van der Waals surface area (Å²) in [5.74, 6) is -0.873. The SMILES string of the molecule is O=C(c1cccc(C(=O)N(Cl)c2ccccc2)c1)N(Cl)c1ccccc1. The number of carbonyl (C=O) groups is 2. The van der Waals surface area contributed by atoms with E-state index in [0.29, 0.717) is 11.4 Å². The summed E-state index contributed by atoms with van der Waals surface area (Å²) in [6.45, 7) is 0. The Kier molecular flexibility index (Phi) is 5.56. The number of rotatable bonds is 4. The standard InChI is InChI=1S/C20H14Cl2N2O2/c21-23(17-10-3-1-4-11-17)19(25)15-8-7-9-16(14-15)20(26)24(22)18-12-5-2-6-13-18/h1-14H. The van der Waals surface area contributed by atoms with Crippen LogP contribution < -0.4 is 8.84 Å². The van der Waals surface area contributed by atoms with Gasteiger partial charge in [-0.2, -0.15) is 0 Å². The van der Waals surface area contributed by atoms with Crippen LogP contribution in [-0.4, -0.2) is 11.8 Å². The van der Waals surface area contributed by atoms with Gasteiger partial charge in [-0.25, -0.2) is 8.84 Å². The smallest absolute Gasteiger partial charge is 0.267 e. The molecule has 0 saturated heterocycles. The van der Waals surface area contributed by atoms with Crippen LogP contribution >= 0.6 is 23.6 Å². The molecule has 3 rings (SSSR count). The van der Waals surface area contributed by atoms with Gasteiger partial charge in [-0.05, 0) is 42.5 Å². The third kappa shape index (κ3) is 3.87. The van der Waals surface area contributed by atoms with E-state index in [9.17, 15) is 9.59 Å². The first-order valence-corrected chi connectivity index (χ1v) is 8.46. The van der Waals surface area contributed by atoms with E-state index in [1.165, 1.54) is 6.07 Å². The van der Waals surface area contributed by atoms with Crippen LogP contribution in [0.4, 0.5) is 11.4 Å². The lowest BCUT2D eigenvalue weighted by atomic mass is 10.1. The summed E-state index contributed by atoms with van der Waals surface area (Å²) in [6.07, 6.45) is 0. The minimum Gasteiger partial charge on any atom is -0.267 e. The Morgan fingerprint density at radius 3 is 1.35 bits per heavy atom. The fraction of sp³-hybridized carbons (Fsp3) is 0. The lowest BCUT2D eigenvalue weighted by Gasteiger charge is -2.16. The van der Waals surface area contributed by atoms with Gasteiger partial charge in [0.2, 0.25) is 0 Å². The zero-order valence-corrected chi connectivity index (χ0v) is 15.1. The van der Waals surface area contributed by atoms with E-state index >= 15 is 0 Å². The summed E-state index contributed by atoms with van der Waals surface area (Å²) in [5, 5.41) is 0. The zero-order valence-electron chi connectivity index (χ0n) is 13.5. The largest absolute Gasteiger partial charge is 0.272 e. The van der Waals surface area contributed by atoms with E-state index in [-0.39, 0.29) is 11.1 Å². The van der Waals surface area contributed by atoms with Crippen molar-refractivity contribution in [1.29, 1.82) is 0 Å². The molecule has 3 aromatic carbocycles. The molecular weight excluding hydrogens is 371 g/mol. The van der Waals surface area contributed by atoms with E-state index in [1.807, 2.05) is 12.1 Å². The van der Waals surface area contributed by atoms with Crippen molar-refractivity contribution in [2.45, 2.75) is 0 Å². The van der Waals surface area contributed by atoms with E-state index in [1.54, 1.807) is 66.7 Å². The second kappa shape index (κ2) is 8.04. The van der Waals surface area contributed by atoms with Crippen molar-refractivity contribution in [3.63, 3.8) is 0 Å². The van der Waals surface area contributed by atoms with Gasteiger partial charge in [0, 0.05) is 34.7 Å². The third-order valence-electron chi connectivity index (χ3n) is 3.68. The van der Waals surface area contributed by atoms with Crippen LogP contribution in [0.15, 0.2) is 84.9 Å². The summed E-state index contributed by atoms with van der Waals surface area (Å²) in [7, 11) is 0. The number of hydrogen-bond donors (Lipinski definition) is 0. The number of amides is 2. The van der Waals surface area contributed by atoms with Gasteiger partial charge in [-0.1, -0.05) is 42.5 Å². The molecule has 0 bridgehead atoms. The first-order chi connectivity index (χ1) is 12.6. The Hall–Kier alpha value is -2.82. The fourth-order valence-electron chi connectivity index (χ4n) is 2.36. The predicted molar refractivity (Wildman–Crippen MR) is 105 cm³/mol. The molecule has 0 spiro atoms. The molecular formula is C20H14Cl2N2O2. The molecule has 0 atom stereocenters. The van der Waals surface area contributed by atoms with E-state index in [2.05, 4.69) is 0 Å². The molecule has 3 aromatic rings. The van der Waals surface area contributed by atoms with Crippen LogP contribution in [0.3, 0.4) is 0 Å². The average molecular weight is 385 g/mol. The molecule has 2 amide bonds. The van der Waals surface area contributed by atoms with Crippen LogP contribution in [0, 0.1) is 0 Å². The van der Waals surface area contributed by atoms with Gasteiger partial charge < -0.3 is 0 Å². The first kappa shape index (κ1) is 18.0. The summed E-state index contributed by atoms with van der Waals surface area (Å²) in [4.78, 5) is 25.2. The van der Waals surface area contributed by atoms with Gasteiger partial charge in [0.15, 0.2) is 0 Å². The van der Waals surface area contributed by atoms with Crippen molar-refractivity contribution in [2.75, 3.05) is 8.84 Å². The highest BCUT2D eigenvalue weighted by Gasteiger charge is 2.20. The summed E-state index contributed by atoms with van der Waals surface area (Å²) < 4.78 is 2.03. The third-order valence-corrected chi connectivity index (χ3v) is 4.38. The number of anilines is 2. The quantitative estimate of drug-likeness (QED) is 0.573. The molecule has 0 unspecified atom stereocenters. The molecule has 4 nitrogen and oxygen atoms in total. The van der Waals surface area contributed by atoms with Crippen LogP contribution in [0.1, 0.15) is 20.7 Å². The molecule has 0 N–H and O–H groups in total. The monoisotopic (exact) mass is 384 g/mol. The molecule has 0 radical (unpaired) electrons. The van der Waals surface area contributed by atoms with E-state index in [0.717, 1.165) is 8.84 Å². The molecule has 0 saturated carbocycles. The van der Waals surface area contributed by atoms with E-state index in [4.69, 9.17) is 23.6 Å². The second-order valence-electron chi connectivity index (χ2n) is 5.42. The number of halogens is 2. The van der Waals surface area contributed by atoms with Gasteiger partial charge in [0.25, 0.3) is 11.8 Å². The molecule has 6 heteroatoms. The van der Waals surface area contributed by atoms with Crippen LogP contribution in [0.2, 0.25) is 0 Å². The van der Waals surface area contributed by atoms with Crippen molar-refractivity contribution in [1.82, 2.24) is 0 Å². The van der Waals surface area contributed by atoms with Crippen molar-refractivity contribution >= 4 is 46.7 Å². The predicted octanol–water partition coefficient (Wildman–Crippen LogP) is 5.29. The van der Waals surface area contributed by atoms with Gasteiger partial charge in [0.05, 0.1) is 11.4 Å². The zero-order chi connectivity index (χ0) is 18.5. The maximum Gasteiger partial charge on any atom is 0.272 e. The van der Waals surface area contributed by atoms with Crippen LogP contribution in [0.5, 0.6) is 0 Å². The molecule has 0 aliphatic carbocycles. The maximum absolute atomic E-state index is 12.6. The van der Waals surface area contributed by atoms with Gasteiger partial charge in [-0.15, -0.1) is 0 Å². The topological polar surface area (TPSA) is 40.6 Å². The van der Waals surface area contributed by atoms with Gasteiger partial charge in [-0.3, -0.25) is 9.59 Å². The number of carbonyl (C=O) groups excluding carboxylic acids is 2. The van der Waals surface area contributed by atoms with Crippen molar-refractivity contribution in [3.8, 4) is 0 Å². The van der Waals surface area contributed by atoms with Crippen molar-refractivity contribution in [3.05, 3.63) is 96.1 Å².